The lowest BCUT2D eigenvalue weighted by Crippen LogP contribution is -2.42. The van der Waals surface area contributed by atoms with Gasteiger partial charge in [0.1, 0.15) is 17.3 Å². The molecule has 2 fully saturated rings. The van der Waals surface area contributed by atoms with Gasteiger partial charge in [-0.15, -0.1) is 0 Å². The SMILES string of the molecule is COc1ccc(/C(O)=C2\C(=O)C(=O)N(CCN3CCOCC3)C2c2ccc(OCC(N)=O)cc2)c(C)c1. The minimum Gasteiger partial charge on any atom is -0.507 e. The number of aliphatic hydroxyl groups is 1. The highest BCUT2D eigenvalue weighted by Gasteiger charge is 2.46. The normalized spacial score (nSPS) is 19.7. The van der Waals surface area contributed by atoms with Crippen molar-refractivity contribution in [1.82, 2.24) is 9.80 Å². The van der Waals surface area contributed by atoms with Gasteiger partial charge in [-0.05, 0) is 48.4 Å². The number of amides is 2. The van der Waals surface area contributed by atoms with Gasteiger partial charge in [0, 0.05) is 31.7 Å². The number of nitrogens with zero attached hydrogens (tertiary/aromatic N) is 2. The lowest BCUT2D eigenvalue weighted by molar-refractivity contribution is -0.140. The van der Waals surface area contributed by atoms with Gasteiger partial charge in [0.15, 0.2) is 6.61 Å². The number of ether oxygens (including phenoxy) is 3. The van der Waals surface area contributed by atoms with Gasteiger partial charge in [-0.3, -0.25) is 19.3 Å². The van der Waals surface area contributed by atoms with Crippen molar-refractivity contribution in [3.05, 3.63) is 64.7 Å². The molecular formula is C27H31N3O7. The number of benzene rings is 2. The maximum Gasteiger partial charge on any atom is 0.295 e. The molecule has 2 heterocycles. The summed E-state index contributed by atoms with van der Waals surface area (Å²) >= 11 is 0. The number of carbonyl (C=O) groups is 3. The summed E-state index contributed by atoms with van der Waals surface area (Å²) in [6.07, 6.45) is 0. The van der Waals surface area contributed by atoms with Gasteiger partial charge in [-0.1, -0.05) is 12.1 Å². The summed E-state index contributed by atoms with van der Waals surface area (Å²) in [4.78, 5) is 41.3. The average Bonchev–Trinajstić information content (AvgIpc) is 3.16. The number of carbonyl (C=O) groups excluding carboxylic acids is 3. The molecule has 0 aromatic heterocycles. The van der Waals surface area contributed by atoms with Crippen LogP contribution < -0.4 is 15.2 Å². The van der Waals surface area contributed by atoms with E-state index in [1.807, 2.05) is 0 Å². The highest BCUT2D eigenvalue weighted by atomic mass is 16.5. The number of morpholine rings is 1. The van der Waals surface area contributed by atoms with E-state index in [-0.39, 0.29) is 17.9 Å². The van der Waals surface area contributed by atoms with E-state index in [2.05, 4.69) is 4.90 Å². The van der Waals surface area contributed by atoms with Crippen LogP contribution in [0.15, 0.2) is 48.0 Å². The van der Waals surface area contributed by atoms with Gasteiger partial charge >= 0.3 is 0 Å². The summed E-state index contributed by atoms with van der Waals surface area (Å²) in [5, 5.41) is 11.4. The number of rotatable bonds is 9. The van der Waals surface area contributed by atoms with Crippen molar-refractivity contribution in [3.8, 4) is 11.5 Å². The van der Waals surface area contributed by atoms with Crippen molar-refractivity contribution < 1.29 is 33.7 Å². The number of hydrogen-bond acceptors (Lipinski definition) is 8. The lowest BCUT2D eigenvalue weighted by atomic mass is 9.94. The lowest BCUT2D eigenvalue weighted by Gasteiger charge is -2.31. The molecule has 0 aliphatic carbocycles. The molecule has 2 aliphatic heterocycles. The summed E-state index contributed by atoms with van der Waals surface area (Å²) in [5.41, 5.74) is 6.94. The van der Waals surface area contributed by atoms with Crippen molar-refractivity contribution in [1.29, 1.82) is 0 Å². The maximum atomic E-state index is 13.3. The summed E-state index contributed by atoms with van der Waals surface area (Å²) in [5.74, 6) is -1.22. The van der Waals surface area contributed by atoms with Crippen LogP contribution in [0, 0.1) is 6.92 Å². The molecule has 0 spiro atoms. The minimum absolute atomic E-state index is 0.0195. The second-order valence-corrected chi connectivity index (χ2v) is 8.95. The molecule has 0 bridgehead atoms. The summed E-state index contributed by atoms with van der Waals surface area (Å²) in [7, 11) is 1.55. The molecule has 4 rings (SSSR count). The van der Waals surface area contributed by atoms with Crippen LogP contribution in [0.1, 0.15) is 22.7 Å². The van der Waals surface area contributed by atoms with Crippen LogP contribution in [0.5, 0.6) is 11.5 Å². The Morgan fingerprint density at radius 1 is 1.08 bits per heavy atom. The summed E-state index contributed by atoms with van der Waals surface area (Å²) in [6, 6.07) is 11.0. The molecule has 196 valence electrons. The molecule has 2 saturated heterocycles. The molecular weight excluding hydrogens is 478 g/mol. The molecule has 3 N–H and O–H groups in total. The Kier molecular flexibility index (Phi) is 8.10. The third-order valence-electron chi connectivity index (χ3n) is 6.57. The smallest absolute Gasteiger partial charge is 0.295 e. The van der Waals surface area contributed by atoms with Crippen LogP contribution >= 0.6 is 0 Å². The van der Waals surface area contributed by atoms with Gasteiger partial charge < -0.3 is 30.0 Å². The van der Waals surface area contributed by atoms with Crippen LogP contribution in [-0.2, 0) is 19.1 Å². The second-order valence-electron chi connectivity index (χ2n) is 8.95. The number of nitrogens with two attached hydrogens (primary N) is 1. The molecule has 10 heteroatoms. The van der Waals surface area contributed by atoms with Gasteiger partial charge in [0.05, 0.1) is 31.9 Å². The van der Waals surface area contributed by atoms with Gasteiger partial charge in [0.2, 0.25) is 0 Å². The Bertz CT molecular complexity index is 1200. The summed E-state index contributed by atoms with van der Waals surface area (Å²) in [6.45, 7) is 5.11. The molecule has 37 heavy (non-hydrogen) atoms. The molecule has 10 nitrogen and oxygen atoms in total. The van der Waals surface area contributed by atoms with Crippen molar-refractivity contribution in [2.45, 2.75) is 13.0 Å². The fourth-order valence-electron chi connectivity index (χ4n) is 4.61. The number of hydrogen-bond donors (Lipinski definition) is 2. The number of primary amides is 1. The van der Waals surface area contributed by atoms with E-state index in [1.165, 1.54) is 4.90 Å². The first kappa shape index (κ1) is 26.2. The quantitative estimate of drug-likeness (QED) is 0.296. The van der Waals surface area contributed by atoms with Crippen LogP contribution in [0.4, 0.5) is 0 Å². The molecule has 2 aliphatic rings. The van der Waals surface area contributed by atoms with E-state index in [4.69, 9.17) is 19.9 Å². The second kappa shape index (κ2) is 11.4. The van der Waals surface area contributed by atoms with Gasteiger partial charge in [0.25, 0.3) is 17.6 Å². The Morgan fingerprint density at radius 3 is 2.38 bits per heavy atom. The molecule has 1 unspecified atom stereocenters. The van der Waals surface area contributed by atoms with Gasteiger partial charge in [-0.2, -0.15) is 0 Å². The standard InChI is InChI=1S/C27H31N3O7/c1-17-15-20(35-2)7-8-21(17)25(32)23-24(18-3-5-19(6-4-18)37-16-22(28)31)30(27(34)26(23)33)10-9-29-11-13-36-14-12-29/h3-8,15,24,32H,9-14,16H2,1-2H3,(H2,28,31)/b25-23+. The highest BCUT2D eigenvalue weighted by molar-refractivity contribution is 6.46. The summed E-state index contributed by atoms with van der Waals surface area (Å²) < 4.78 is 16.0. The third kappa shape index (κ3) is 5.76. The van der Waals surface area contributed by atoms with E-state index in [9.17, 15) is 19.5 Å². The number of aryl methyl sites for hydroxylation is 1. The van der Waals surface area contributed by atoms with Gasteiger partial charge in [-0.25, -0.2) is 0 Å². The predicted molar refractivity (Wildman–Crippen MR) is 135 cm³/mol. The van der Waals surface area contributed by atoms with E-state index < -0.39 is 23.6 Å². The number of methoxy groups -OCH3 is 1. The zero-order valence-corrected chi connectivity index (χ0v) is 20.9. The maximum absolute atomic E-state index is 13.3. The Morgan fingerprint density at radius 2 is 1.76 bits per heavy atom. The molecule has 2 aromatic carbocycles. The number of ketones is 1. The van der Waals surface area contributed by atoms with Crippen molar-refractivity contribution in [3.63, 3.8) is 0 Å². The number of Topliss-reactive ketones (excluding diaryl/α,β-unsaturated/α-hetero) is 1. The van der Waals surface area contributed by atoms with E-state index in [0.29, 0.717) is 54.5 Å². The Hall–Kier alpha value is -3.89. The fraction of sp³-hybridized carbons (Fsp3) is 0.370. The molecule has 0 saturated carbocycles. The van der Waals surface area contributed by atoms with Crippen molar-refractivity contribution in [2.24, 2.45) is 5.73 Å². The van der Waals surface area contributed by atoms with Crippen molar-refractivity contribution >= 4 is 23.4 Å². The minimum atomic E-state index is -0.798. The van der Waals surface area contributed by atoms with Crippen LogP contribution in [0.3, 0.4) is 0 Å². The fourth-order valence-corrected chi connectivity index (χ4v) is 4.61. The highest BCUT2D eigenvalue weighted by Crippen LogP contribution is 2.40. The molecule has 1 atom stereocenters. The molecule has 2 amide bonds. The Labute approximate surface area is 215 Å². The largest absolute Gasteiger partial charge is 0.507 e. The van der Waals surface area contributed by atoms with E-state index in [1.54, 1.807) is 56.5 Å². The Balaban J connectivity index is 1.72. The predicted octanol–water partition coefficient (Wildman–Crippen LogP) is 1.62. The number of likely N-dealkylation sites (tertiary alicyclic amines) is 1. The van der Waals surface area contributed by atoms with Crippen LogP contribution in [0.2, 0.25) is 0 Å². The van der Waals surface area contributed by atoms with Crippen molar-refractivity contribution in [2.75, 3.05) is 53.1 Å². The first-order valence-corrected chi connectivity index (χ1v) is 12.0. The monoisotopic (exact) mass is 509 g/mol. The van der Waals surface area contributed by atoms with Crippen LogP contribution in [0.25, 0.3) is 5.76 Å². The molecule has 0 radical (unpaired) electrons. The topological polar surface area (TPSA) is 132 Å². The first-order chi connectivity index (χ1) is 17.8. The van der Waals surface area contributed by atoms with E-state index in [0.717, 1.165) is 13.1 Å². The zero-order valence-electron chi connectivity index (χ0n) is 20.9. The average molecular weight is 510 g/mol. The number of aliphatic hydroxyl groups excluding tert-OH is 1. The zero-order chi connectivity index (χ0) is 26.5. The third-order valence-corrected chi connectivity index (χ3v) is 6.57. The molecule has 2 aromatic rings. The van der Waals surface area contributed by atoms with E-state index >= 15 is 0 Å². The first-order valence-electron chi connectivity index (χ1n) is 12.0. The van der Waals surface area contributed by atoms with Crippen LogP contribution in [-0.4, -0.2) is 85.6 Å².